The Balaban J connectivity index is 1.82. The van der Waals surface area contributed by atoms with E-state index in [2.05, 4.69) is 10.3 Å². The van der Waals surface area contributed by atoms with Gasteiger partial charge >= 0.3 is 7.12 Å². The molecule has 2 fully saturated rings. The summed E-state index contributed by atoms with van der Waals surface area (Å²) in [5, 5.41) is 3.09. The third-order valence-corrected chi connectivity index (χ3v) is 5.25. The molecule has 5 nitrogen and oxygen atoms in total. The van der Waals surface area contributed by atoms with E-state index < -0.39 is 18.3 Å². The van der Waals surface area contributed by atoms with Crippen LogP contribution in [0.5, 0.6) is 0 Å². The second-order valence-electron chi connectivity index (χ2n) is 7.48. The zero-order valence-corrected chi connectivity index (χ0v) is 14.4. The highest BCUT2D eigenvalue weighted by Gasteiger charge is 2.52. The molecule has 0 atom stereocenters. The minimum Gasteiger partial charge on any atom is -0.399 e. The van der Waals surface area contributed by atoms with Crippen LogP contribution in [0.2, 0.25) is 0 Å². The molecule has 1 saturated heterocycles. The van der Waals surface area contributed by atoms with Crippen molar-refractivity contribution in [3.63, 3.8) is 0 Å². The molecule has 0 unspecified atom stereocenters. The third-order valence-electron chi connectivity index (χ3n) is 5.25. The zero-order chi connectivity index (χ0) is 16.7. The summed E-state index contributed by atoms with van der Waals surface area (Å²) in [5.74, 6) is -0.137. The molecule has 23 heavy (non-hydrogen) atoms. The summed E-state index contributed by atoms with van der Waals surface area (Å²) in [7, 11) is -0.571. The van der Waals surface area contributed by atoms with Crippen LogP contribution in [-0.4, -0.2) is 35.3 Å². The first-order valence-electron chi connectivity index (χ1n) is 8.41. The van der Waals surface area contributed by atoms with Crippen molar-refractivity contribution in [1.82, 2.24) is 10.3 Å². The summed E-state index contributed by atoms with van der Waals surface area (Å²) >= 11 is 0. The summed E-state index contributed by atoms with van der Waals surface area (Å²) < 4.78 is 12.1. The van der Waals surface area contributed by atoms with Crippen LogP contribution in [0.4, 0.5) is 0 Å². The van der Waals surface area contributed by atoms with E-state index in [9.17, 15) is 4.79 Å². The molecule has 6 heteroatoms. The number of amides is 1. The zero-order valence-electron chi connectivity index (χ0n) is 14.4. The monoisotopic (exact) mass is 316 g/mol. The maximum Gasteiger partial charge on any atom is 0.497 e. The first kappa shape index (κ1) is 16.5. The number of hydrogen-bond donors (Lipinski definition) is 1. The number of aromatic nitrogens is 1. The lowest BCUT2D eigenvalue weighted by Gasteiger charge is -2.32. The van der Waals surface area contributed by atoms with Crippen LogP contribution in [0.25, 0.3) is 0 Å². The van der Waals surface area contributed by atoms with Gasteiger partial charge in [0.1, 0.15) is 5.69 Å². The van der Waals surface area contributed by atoms with Crippen molar-refractivity contribution in [2.24, 2.45) is 0 Å². The first-order valence-corrected chi connectivity index (χ1v) is 8.41. The smallest absolute Gasteiger partial charge is 0.399 e. The van der Waals surface area contributed by atoms with Gasteiger partial charge < -0.3 is 14.6 Å². The van der Waals surface area contributed by atoms with E-state index >= 15 is 0 Å². The molecule has 1 amide bonds. The number of carbonyl (C=O) groups is 1. The number of nitrogens with zero attached hydrogens (tertiary/aromatic N) is 1. The minimum absolute atomic E-state index is 0.137. The van der Waals surface area contributed by atoms with Gasteiger partial charge in [-0.15, -0.1) is 0 Å². The Morgan fingerprint density at radius 3 is 2.43 bits per heavy atom. The SMILES string of the molecule is CC1(C)OB(c2cccnc2C(=O)NC2CCCC2)OC1(C)C. The predicted octanol–water partition coefficient (Wildman–Crippen LogP) is 2.05. The predicted molar refractivity (Wildman–Crippen MR) is 89.7 cm³/mol. The second-order valence-corrected chi connectivity index (χ2v) is 7.48. The highest BCUT2D eigenvalue weighted by molar-refractivity contribution is 6.63. The van der Waals surface area contributed by atoms with Gasteiger partial charge in [-0.05, 0) is 46.6 Å². The fourth-order valence-electron chi connectivity index (χ4n) is 3.09. The molecule has 1 aromatic rings. The molecule has 0 aromatic carbocycles. The molecule has 3 rings (SSSR count). The van der Waals surface area contributed by atoms with Crippen LogP contribution >= 0.6 is 0 Å². The van der Waals surface area contributed by atoms with Gasteiger partial charge in [-0.3, -0.25) is 9.78 Å². The molecule has 2 aliphatic rings. The molecule has 1 aliphatic heterocycles. The number of nitrogens with one attached hydrogen (secondary N) is 1. The van der Waals surface area contributed by atoms with Gasteiger partial charge in [0.2, 0.25) is 0 Å². The summed E-state index contributed by atoms with van der Waals surface area (Å²) in [4.78, 5) is 16.9. The summed E-state index contributed by atoms with van der Waals surface area (Å²) in [6.45, 7) is 8.01. The normalized spacial score (nSPS) is 23.2. The van der Waals surface area contributed by atoms with Crippen molar-refractivity contribution in [2.75, 3.05) is 0 Å². The Kier molecular flexibility index (Phi) is 4.23. The van der Waals surface area contributed by atoms with E-state index in [0.717, 1.165) is 12.8 Å². The van der Waals surface area contributed by atoms with Gasteiger partial charge in [-0.25, -0.2) is 0 Å². The van der Waals surface area contributed by atoms with Crippen molar-refractivity contribution in [1.29, 1.82) is 0 Å². The Hall–Kier alpha value is -1.40. The van der Waals surface area contributed by atoms with Crippen molar-refractivity contribution in [3.05, 3.63) is 24.0 Å². The van der Waals surface area contributed by atoms with Crippen LogP contribution in [0.15, 0.2) is 18.3 Å². The Bertz CT molecular complexity index is 581. The minimum atomic E-state index is -0.571. The van der Waals surface area contributed by atoms with Crippen molar-refractivity contribution < 1.29 is 14.1 Å². The molecular formula is C17H25BN2O3. The van der Waals surface area contributed by atoms with E-state index in [1.165, 1.54) is 12.8 Å². The molecule has 1 saturated carbocycles. The Morgan fingerprint density at radius 2 is 1.83 bits per heavy atom. The van der Waals surface area contributed by atoms with Gasteiger partial charge in [-0.2, -0.15) is 0 Å². The van der Waals surface area contributed by atoms with E-state index in [1.807, 2.05) is 39.8 Å². The maximum atomic E-state index is 12.6. The molecular weight excluding hydrogens is 291 g/mol. The molecule has 0 spiro atoms. The largest absolute Gasteiger partial charge is 0.497 e. The van der Waals surface area contributed by atoms with Crippen LogP contribution < -0.4 is 10.8 Å². The standard InChI is InChI=1S/C17H25BN2O3/c1-16(2)17(3,4)23-18(22-16)13-10-7-11-19-14(13)15(21)20-12-8-5-6-9-12/h7,10-12H,5-6,8-9H2,1-4H3,(H,20,21). The fraction of sp³-hybridized carbons (Fsp3) is 0.647. The van der Waals surface area contributed by atoms with Crippen LogP contribution in [-0.2, 0) is 9.31 Å². The van der Waals surface area contributed by atoms with Gasteiger partial charge in [-0.1, -0.05) is 18.9 Å². The average molecular weight is 316 g/mol. The fourth-order valence-corrected chi connectivity index (χ4v) is 3.09. The molecule has 1 N–H and O–H groups in total. The average Bonchev–Trinajstić information content (AvgIpc) is 3.05. The lowest BCUT2D eigenvalue weighted by atomic mass is 9.77. The second kappa shape index (κ2) is 5.91. The van der Waals surface area contributed by atoms with Gasteiger partial charge in [0.05, 0.1) is 11.2 Å². The quantitative estimate of drug-likeness (QED) is 0.867. The van der Waals surface area contributed by atoms with Crippen molar-refractivity contribution >= 4 is 18.5 Å². The maximum absolute atomic E-state index is 12.6. The van der Waals surface area contributed by atoms with E-state index in [0.29, 0.717) is 11.2 Å². The molecule has 0 bridgehead atoms. The summed E-state index contributed by atoms with van der Waals surface area (Å²) in [6, 6.07) is 3.93. The molecule has 1 aliphatic carbocycles. The van der Waals surface area contributed by atoms with Crippen LogP contribution in [0, 0.1) is 0 Å². The number of carbonyl (C=O) groups excluding carboxylic acids is 1. The lowest BCUT2D eigenvalue weighted by molar-refractivity contribution is 0.00578. The Labute approximate surface area is 138 Å². The summed E-state index contributed by atoms with van der Waals surface area (Å²) in [5.41, 5.74) is 0.221. The Morgan fingerprint density at radius 1 is 1.22 bits per heavy atom. The van der Waals surface area contributed by atoms with Gasteiger partial charge in [0.15, 0.2) is 0 Å². The number of pyridine rings is 1. The van der Waals surface area contributed by atoms with E-state index in [-0.39, 0.29) is 11.9 Å². The summed E-state index contributed by atoms with van der Waals surface area (Å²) in [6.07, 6.45) is 6.08. The van der Waals surface area contributed by atoms with Crippen LogP contribution in [0.3, 0.4) is 0 Å². The third kappa shape index (κ3) is 3.15. The molecule has 2 heterocycles. The number of rotatable bonds is 3. The van der Waals surface area contributed by atoms with Gasteiger partial charge in [0.25, 0.3) is 5.91 Å². The highest BCUT2D eigenvalue weighted by atomic mass is 16.7. The number of hydrogen-bond acceptors (Lipinski definition) is 4. The lowest BCUT2D eigenvalue weighted by Crippen LogP contribution is -2.43. The first-order chi connectivity index (χ1) is 10.8. The van der Waals surface area contributed by atoms with E-state index in [4.69, 9.17) is 9.31 Å². The molecule has 124 valence electrons. The topological polar surface area (TPSA) is 60.5 Å². The van der Waals surface area contributed by atoms with Crippen LogP contribution in [0.1, 0.15) is 63.9 Å². The van der Waals surface area contributed by atoms with Crippen molar-refractivity contribution in [2.45, 2.75) is 70.6 Å². The van der Waals surface area contributed by atoms with Crippen molar-refractivity contribution in [3.8, 4) is 0 Å². The highest BCUT2D eigenvalue weighted by Crippen LogP contribution is 2.36. The van der Waals surface area contributed by atoms with E-state index in [1.54, 1.807) is 6.20 Å². The molecule has 1 aromatic heterocycles. The molecule has 0 radical (unpaired) electrons. The van der Waals surface area contributed by atoms with Gasteiger partial charge in [0, 0.05) is 17.7 Å².